The normalized spacial score (nSPS) is 15.2. The van der Waals surface area contributed by atoms with Crippen LogP contribution in [0.1, 0.15) is 24.8 Å². The van der Waals surface area contributed by atoms with E-state index in [1.54, 1.807) is 6.07 Å². The smallest absolute Gasteiger partial charge is 0.274 e. The summed E-state index contributed by atoms with van der Waals surface area (Å²) >= 11 is 1.36. The maximum atomic E-state index is 13.3. The number of hydrogen-bond donors (Lipinski definition) is 0. The molecule has 0 bridgehead atoms. The lowest BCUT2D eigenvalue weighted by Gasteiger charge is -2.31. The summed E-state index contributed by atoms with van der Waals surface area (Å²) in [6.45, 7) is 1.41. The van der Waals surface area contributed by atoms with Gasteiger partial charge in [-0.3, -0.25) is 4.79 Å². The van der Waals surface area contributed by atoms with Gasteiger partial charge in [0.05, 0.1) is 10.2 Å². The van der Waals surface area contributed by atoms with E-state index in [1.165, 1.54) is 29.0 Å². The minimum absolute atomic E-state index is 0.0496. The fourth-order valence-corrected chi connectivity index (χ4v) is 4.25. The fraction of sp³-hybridized carbons (Fsp3) is 0.333. The van der Waals surface area contributed by atoms with Crippen LogP contribution in [-0.4, -0.2) is 35.0 Å². The molecule has 2 aromatic carbocycles. The van der Waals surface area contributed by atoms with E-state index in [1.807, 2.05) is 23.1 Å². The minimum atomic E-state index is -0.264. The predicted molar refractivity (Wildman–Crippen MR) is 105 cm³/mol. The zero-order valence-electron chi connectivity index (χ0n) is 14.9. The first-order valence-electron chi connectivity index (χ1n) is 9.22. The molecule has 0 unspecified atom stereocenters. The van der Waals surface area contributed by atoms with Crippen molar-refractivity contribution in [2.75, 3.05) is 13.1 Å². The number of amides is 1. The minimum Gasteiger partial charge on any atom is -0.467 e. The summed E-state index contributed by atoms with van der Waals surface area (Å²) in [6.07, 6.45) is 2.95. The van der Waals surface area contributed by atoms with Crippen LogP contribution in [0.5, 0.6) is 5.19 Å². The molecule has 1 amide bonds. The Balaban J connectivity index is 1.27. The number of aromatic nitrogens is 1. The molecule has 1 aromatic heterocycles. The van der Waals surface area contributed by atoms with Gasteiger partial charge in [0.25, 0.3) is 5.19 Å². The lowest BCUT2D eigenvalue weighted by molar-refractivity contribution is -0.132. The van der Waals surface area contributed by atoms with E-state index in [9.17, 15) is 9.18 Å². The van der Waals surface area contributed by atoms with Crippen molar-refractivity contribution in [1.29, 1.82) is 0 Å². The molecule has 3 aromatic rings. The molecule has 0 N–H and O–H groups in total. The third-order valence-corrected chi connectivity index (χ3v) is 5.77. The van der Waals surface area contributed by atoms with E-state index < -0.39 is 0 Å². The van der Waals surface area contributed by atoms with Crippen LogP contribution in [0.3, 0.4) is 0 Å². The van der Waals surface area contributed by atoms with Crippen molar-refractivity contribution in [2.24, 2.45) is 0 Å². The van der Waals surface area contributed by atoms with E-state index in [4.69, 9.17) is 4.74 Å². The first-order valence-corrected chi connectivity index (χ1v) is 10.0. The average Bonchev–Trinajstić information content (AvgIpc) is 3.09. The van der Waals surface area contributed by atoms with Crippen molar-refractivity contribution in [3.05, 3.63) is 59.9 Å². The van der Waals surface area contributed by atoms with Crippen LogP contribution in [0.2, 0.25) is 0 Å². The summed E-state index contributed by atoms with van der Waals surface area (Å²) in [5.41, 5.74) is 1.95. The van der Waals surface area contributed by atoms with Gasteiger partial charge in [-0.2, -0.15) is 0 Å². The molecule has 0 spiro atoms. The summed E-state index contributed by atoms with van der Waals surface area (Å²) < 4.78 is 20.1. The molecule has 0 saturated carbocycles. The molecular weight excluding hydrogens is 363 g/mol. The third-order valence-electron chi connectivity index (χ3n) is 4.86. The molecule has 6 heteroatoms. The number of piperidine rings is 1. The maximum absolute atomic E-state index is 13.3. The van der Waals surface area contributed by atoms with Crippen molar-refractivity contribution in [3.63, 3.8) is 0 Å². The Bertz CT molecular complexity index is 920. The van der Waals surface area contributed by atoms with Crippen LogP contribution in [-0.2, 0) is 11.2 Å². The number of thiazole rings is 1. The van der Waals surface area contributed by atoms with Crippen molar-refractivity contribution < 1.29 is 13.9 Å². The highest BCUT2D eigenvalue weighted by Crippen LogP contribution is 2.30. The molecule has 0 aliphatic carbocycles. The molecule has 0 atom stereocenters. The Morgan fingerprint density at radius 1 is 1.19 bits per heavy atom. The monoisotopic (exact) mass is 384 g/mol. The van der Waals surface area contributed by atoms with Gasteiger partial charge in [-0.25, -0.2) is 9.37 Å². The third kappa shape index (κ3) is 4.45. The number of fused-ring (bicyclic) bond motifs is 1. The largest absolute Gasteiger partial charge is 0.467 e. The zero-order valence-corrected chi connectivity index (χ0v) is 15.8. The molecule has 140 valence electrons. The second-order valence-corrected chi connectivity index (χ2v) is 7.77. The molecule has 1 aliphatic heterocycles. The van der Waals surface area contributed by atoms with Crippen molar-refractivity contribution in [3.8, 4) is 5.19 Å². The van der Waals surface area contributed by atoms with Crippen LogP contribution in [0.15, 0.2) is 48.5 Å². The summed E-state index contributed by atoms with van der Waals surface area (Å²) in [5, 5.41) is 0.574. The van der Waals surface area contributed by atoms with Crippen LogP contribution >= 0.6 is 11.3 Å². The molecule has 1 fully saturated rings. The molecular formula is C21H21FN2O2S. The number of ether oxygens (including phenoxy) is 1. The number of benzene rings is 2. The van der Waals surface area contributed by atoms with Crippen molar-refractivity contribution in [2.45, 2.75) is 31.8 Å². The number of halogens is 1. The molecule has 4 rings (SSSR count). The molecule has 1 saturated heterocycles. The molecule has 2 heterocycles. The Kier molecular flexibility index (Phi) is 5.34. The van der Waals surface area contributed by atoms with Gasteiger partial charge in [-0.15, -0.1) is 0 Å². The van der Waals surface area contributed by atoms with Gasteiger partial charge in [0.2, 0.25) is 5.91 Å². The molecule has 0 radical (unpaired) electrons. The summed E-state index contributed by atoms with van der Waals surface area (Å²) in [7, 11) is 0. The van der Waals surface area contributed by atoms with Crippen LogP contribution in [0.25, 0.3) is 10.2 Å². The number of nitrogens with zero attached hydrogens (tertiary/aromatic N) is 2. The van der Waals surface area contributed by atoms with Crippen molar-refractivity contribution in [1.82, 2.24) is 9.88 Å². The first-order chi connectivity index (χ1) is 13.2. The quantitative estimate of drug-likeness (QED) is 0.653. The Hall–Kier alpha value is -2.47. The molecule has 27 heavy (non-hydrogen) atoms. The number of carbonyl (C=O) groups excluding carboxylic acids is 1. The van der Waals surface area contributed by atoms with E-state index in [2.05, 4.69) is 17.1 Å². The predicted octanol–water partition coefficient (Wildman–Crippen LogP) is 4.44. The van der Waals surface area contributed by atoms with Gasteiger partial charge < -0.3 is 9.64 Å². The van der Waals surface area contributed by atoms with Gasteiger partial charge in [-0.05, 0) is 30.2 Å². The topological polar surface area (TPSA) is 42.4 Å². The lowest BCUT2D eigenvalue weighted by Crippen LogP contribution is -2.41. The molecule has 1 aliphatic rings. The fourth-order valence-electron chi connectivity index (χ4n) is 3.35. The standard InChI is InChI=1S/C21H21FN2O2S/c22-16-7-8-18-19(14-16)27-21(23-18)26-17-10-12-24(13-11-17)20(25)9-6-15-4-2-1-3-5-15/h1-5,7-8,14,17H,6,9-13H2. The van der Waals surface area contributed by atoms with Crippen LogP contribution in [0.4, 0.5) is 4.39 Å². The summed E-state index contributed by atoms with van der Waals surface area (Å²) in [4.78, 5) is 18.8. The second kappa shape index (κ2) is 8.05. The highest BCUT2D eigenvalue weighted by molar-refractivity contribution is 7.20. The number of likely N-dealkylation sites (tertiary alicyclic amines) is 1. The van der Waals surface area contributed by atoms with E-state index in [0.29, 0.717) is 24.7 Å². The van der Waals surface area contributed by atoms with Gasteiger partial charge in [0.1, 0.15) is 11.9 Å². The van der Waals surface area contributed by atoms with E-state index in [-0.39, 0.29) is 17.8 Å². The zero-order chi connectivity index (χ0) is 18.6. The summed E-state index contributed by atoms with van der Waals surface area (Å²) in [5.74, 6) is -0.0622. The van der Waals surface area contributed by atoms with Crippen molar-refractivity contribution >= 4 is 27.5 Å². The van der Waals surface area contributed by atoms with E-state index >= 15 is 0 Å². The van der Waals surface area contributed by atoms with E-state index in [0.717, 1.165) is 29.5 Å². The van der Waals surface area contributed by atoms with Gasteiger partial charge >= 0.3 is 0 Å². The SMILES string of the molecule is O=C(CCc1ccccc1)N1CCC(Oc2nc3ccc(F)cc3s2)CC1. The highest BCUT2D eigenvalue weighted by atomic mass is 32.1. The number of carbonyl (C=O) groups is 1. The summed E-state index contributed by atoms with van der Waals surface area (Å²) in [6, 6.07) is 14.6. The van der Waals surface area contributed by atoms with Gasteiger partial charge in [-0.1, -0.05) is 41.7 Å². The number of rotatable bonds is 5. The number of aryl methyl sites for hydroxylation is 1. The highest BCUT2D eigenvalue weighted by Gasteiger charge is 2.24. The second-order valence-electron chi connectivity index (χ2n) is 6.78. The first kappa shape index (κ1) is 17.9. The lowest BCUT2D eigenvalue weighted by atomic mass is 10.1. The average molecular weight is 384 g/mol. The maximum Gasteiger partial charge on any atom is 0.274 e. The Labute approximate surface area is 161 Å². The molecule has 4 nitrogen and oxygen atoms in total. The Morgan fingerprint density at radius 2 is 1.96 bits per heavy atom. The van der Waals surface area contributed by atoms with Gasteiger partial charge in [0, 0.05) is 32.4 Å². The van der Waals surface area contributed by atoms with Crippen LogP contribution < -0.4 is 4.74 Å². The number of hydrogen-bond acceptors (Lipinski definition) is 4. The van der Waals surface area contributed by atoms with Gasteiger partial charge in [0.15, 0.2) is 0 Å². The Morgan fingerprint density at radius 3 is 2.74 bits per heavy atom. The van der Waals surface area contributed by atoms with Crippen LogP contribution in [0, 0.1) is 5.82 Å².